The number of carbonyl (C=O) groups excluding carboxylic acids is 1. The van der Waals surface area contributed by atoms with Crippen molar-refractivity contribution in [2.75, 3.05) is 13.7 Å². The predicted molar refractivity (Wildman–Crippen MR) is 71.2 cm³/mol. The van der Waals surface area contributed by atoms with Crippen LogP contribution in [0.1, 0.15) is 47.0 Å². The van der Waals surface area contributed by atoms with E-state index in [0.29, 0.717) is 5.92 Å². The van der Waals surface area contributed by atoms with Crippen molar-refractivity contribution in [1.82, 2.24) is 5.32 Å². The molecule has 106 valence electrons. The Morgan fingerprint density at radius 3 is 2.56 bits per heavy atom. The van der Waals surface area contributed by atoms with Crippen LogP contribution in [0.2, 0.25) is 0 Å². The Balaban J connectivity index is 2.82. The average Bonchev–Trinajstić information content (AvgIpc) is 2.24. The fourth-order valence-corrected chi connectivity index (χ4v) is 3.47. The van der Waals surface area contributed by atoms with Crippen LogP contribution < -0.4 is 5.32 Å². The molecule has 1 amide bonds. The summed E-state index contributed by atoms with van der Waals surface area (Å²) in [5, 5.41) is 12.7. The molecule has 18 heavy (non-hydrogen) atoms. The summed E-state index contributed by atoms with van der Waals surface area (Å²) in [5.41, 5.74) is -0.352. The summed E-state index contributed by atoms with van der Waals surface area (Å²) in [5.74, 6) is 0.357. The second-order valence-electron chi connectivity index (χ2n) is 6.66. The number of aliphatic hydroxyl groups is 1. The molecule has 0 spiro atoms. The molecule has 0 saturated heterocycles. The first-order valence-electron chi connectivity index (χ1n) is 6.69. The molecule has 0 aromatic rings. The van der Waals surface area contributed by atoms with Crippen LogP contribution in [-0.4, -0.2) is 36.4 Å². The summed E-state index contributed by atoms with van der Waals surface area (Å²) < 4.78 is 5.03. The van der Waals surface area contributed by atoms with Gasteiger partial charge in [-0.25, -0.2) is 0 Å². The number of hydrogen-bond donors (Lipinski definition) is 2. The number of rotatable bonds is 4. The van der Waals surface area contributed by atoms with Crippen molar-refractivity contribution < 1.29 is 14.6 Å². The van der Waals surface area contributed by atoms with E-state index in [1.165, 1.54) is 7.11 Å². The molecule has 4 nitrogen and oxygen atoms in total. The number of aliphatic hydroxyl groups excluding tert-OH is 1. The molecule has 2 N–H and O–H groups in total. The Bertz CT molecular complexity index is 303. The molecule has 0 unspecified atom stereocenters. The van der Waals surface area contributed by atoms with Gasteiger partial charge in [0, 0.05) is 7.11 Å². The Morgan fingerprint density at radius 2 is 2.11 bits per heavy atom. The number of methoxy groups -OCH3 is 1. The largest absolute Gasteiger partial charge is 0.394 e. The summed E-state index contributed by atoms with van der Waals surface area (Å²) in [7, 11) is 1.52. The van der Waals surface area contributed by atoms with Gasteiger partial charge in [0.1, 0.15) is 6.10 Å². The lowest BCUT2D eigenvalue weighted by atomic mass is 9.64. The van der Waals surface area contributed by atoms with Gasteiger partial charge in [0.15, 0.2) is 0 Å². The van der Waals surface area contributed by atoms with E-state index < -0.39 is 11.6 Å². The molecular formula is C14H27NO3. The van der Waals surface area contributed by atoms with Crippen LogP contribution in [0.3, 0.4) is 0 Å². The molecule has 0 aromatic carbocycles. The van der Waals surface area contributed by atoms with Gasteiger partial charge < -0.3 is 15.2 Å². The number of ether oxygens (including phenoxy) is 1. The maximum absolute atomic E-state index is 12.0. The highest BCUT2D eigenvalue weighted by molar-refractivity contribution is 5.81. The number of nitrogens with one attached hydrogen (secondary N) is 1. The molecule has 3 atom stereocenters. The predicted octanol–water partition coefficient (Wildman–Crippen LogP) is 1.71. The summed E-state index contributed by atoms with van der Waals surface area (Å²) in [6, 6.07) is 0. The van der Waals surface area contributed by atoms with Crippen LogP contribution in [0.15, 0.2) is 0 Å². The third-order valence-corrected chi connectivity index (χ3v) is 3.87. The van der Waals surface area contributed by atoms with E-state index in [1.807, 2.05) is 0 Å². The van der Waals surface area contributed by atoms with Gasteiger partial charge in [0.2, 0.25) is 5.91 Å². The van der Waals surface area contributed by atoms with Gasteiger partial charge in [-0.15, -0.1) is 0 Å². The molecule has 0 radical (unpaired) electrons. The molecule has 0 aromatic heterocycles. The SMILES string of the molecule is CO[C@H](C)C(=O)N[C@]1(CO)C[C@@H](C)CC(C)(C)C1. The minimum atomic E-state index is -0.495. The zero-order chi connectivity index (χ0) is 14.0. The molecule has 1 fully saturated rings. The van der Waals surface area contributed by atoms with Crippen molar-refractivity contribution >= 4 is 5.91 Å². The summed E-state index contributed by atoms with van der Waals surface area (Å²) >= 11 is 0. The molecule has 4 heteroatoms. The van der Waals surface area contributed by atoms with E-state index in [-0.39, 0.29) is 17.9 Å². The van der Waals surface area contributed by atoms with E-state index in [9.17, 15) is 9.90 Å². The minimum absolute atomic E-state index is 0.0110. The third kappa shape index (κ3) is 3.69. The van der Waals surface area contributed by atoms with Crippen molar-refractivity contribution in [3.05, 3.63) is 0 Å². The highest BCUT2D eigenvalue weighted by atomic mass is 16.5. The Kier molecular flexibility index (Phi) is 4.78. The molecule has 0 bridgehead atoms. The topological polar surface area (TPSA) is 58.6 Å². The zero-order valence-corrected chi connectivity index (χ0v) is 12.2. The molecule has 1 aliphatic carbocycles. The van der Waals surface area contributed by atoms with Crippen LogP contribution in [-0.2, 0) is 9.53 Å². The highest BCUT2D eigenvalue weighted by Crippen LogP contribution is 2.43. The standard InChI is InChI=1S/C14H27NO3/c1-10-6-13(3,4)8-14(7-10,9-16)15-12(17)11(2)18-5/h10-11,16H,6-9H2,1-5H3,(H,15,17)/t10-,11+,14+/m0/s1. The monoisotopic (exact) mass is 257 g/mol. The maximum atomic E-state index is 12.0. The lowest BCUT2D eigenvalue weighted by Crippen LogP contribution is -2.58. The Hall–Kier alpha value is -0.610. The van der Waals surface area contributed by atoms with Gasteiger partial charge in [0.25, 0.3) is 0 Å². The van der Waals surface area contributed by atoms with E-state index in [4.69, 9.17) is 4.74 Å². The molecular weight excluding hydrogens is 230 g/mol. The van der Waals surface area contributed by atoms with E-state index in [0.717, 1.165) is 19.3 Å². The summed E-state index contributed by atoms with van der Waals surface area (Å²) in [6.45, 7) is 8.27. The van der Waals surface area contributed by atoms with Crippen molar-refractivity contribution in [1.29, 1.82) is 0 Å². The van der Waals surface area contributed by atoms with Gasteiger partial charge in [-0.1, -0.05) is 20.8 Å². The number of amides is 1. The molecule has 0 aliphatic heterocycles. The van der Waals surface area contributed by atoms with E-state index >= 15 is 0 Å². The fourth-order valence-electron chi connectivity index (χ4n) is 3.47. The van der Waals surface area contributed by atoms with Gasteiger partial charge in [-0.3, -0.25) is 4.79 Å². The summed E-state index contributed by atoms with van der Waals surface area (Å²) in [6.07, 6.45) is 2.29. The van der Waals surface area contributed by atoms with Crippen LogP contribution in [0.5, 0.6) is 0 Å². The molecule has 1 saturated carbocycles. The first-order valence-corrected chi connectivity index (χ1v) is 6.69. The fraction of sp³-hybridized carbons (Fsp3) is 0.929. The molecule has 1 aliphatic rings. The minimum Gasteiger partial charge on any atom is -0.394 e. The molecule has 0 heterocycles. The van der Waals surface area contributed by atoms with E-state index in [1.54, 1.807) is 6.92 Å². The number of hydrogen-bond acceptors (Lipinski definition) is 3. The number of carbonyl (C=O) groups is 1. The van der Waals surface area contributed by atoms with Gasteiger partial charge in [0.05, 0.1) is 12.1 Å². The Morgan fingerprint density at radius 1 is 1.50 bits per heavy atom. The third-order valence-electron chi connectivity index (χ3n) is 3.87. The maximum Gasteiger partial charge on any atom is 0.249 e. The van der Waals surface area contributed by atoms with Crippen LogP contribution >= 0.6 is 0 Å². The van der Waals surface area contributed by atoms with Crippen molar-refractivity contribution in [3.8, 4) is 0 Å². The highest BCUT2D eigenvalue weighted by Gasteiger charge is 2.43. The van der Waals surface area contributed by atoms with Crippen molar-refractivity contribution in [3.63, 3.8) is 0 Å². The lowest BCUT2D eigenvalue weighted by Gasteiger charge is -2.47. The summed E-state index contributed by atoms with van der Waals surface area (Å²) in [4.78, 5) is 12.0. The van der Waals surface area contributed by atoms with E-state index in [2.05, 4.69) is 26.1 Å². The van der Waals surface area contributed by atoms with Crippen molar-refractivity contribution in [2.24, 2.45) is 11.3 Å². The first kappa shape index (κ1) is 15.4. The average molecular weight is 257 g/mol. The normalized spacial score (nSPS) is 32.9. The smallest absolute Gasteiger partial charge is 0.249 e. The van der Waals surface area contributed by atoms with Crippen LogP contribution in [0, 0.1) is 11.3 Å². The second kappa shape index (κ2) is 5.57. The molecule has 1 rings (SSSR count). The lowest BCUT2D eigenvalue weighted by molar-refractivity contribution is -0.134. The Labute approximate surface area is 110 Å². The van der Waals surface area contributed by atoms with Gasteiger partial charge >= 0.3 is 0 Å². The van der Waals surface area contributed by atoms with Crippen molar-refractivity contribution in [2.45, 2.75) is 58.6 Å². The zero-order valence-electron chi connectivity index (χ0n) is 12.2. The second-order valence-corrected chi connectivity index (χ2v) is 6.66. The van der Waals surface area contributed by atoms with Crippen LogP contribution in [0.25, 0.3) is 0 Å². The van der Waals surface area contributed by atoms with Crippen LogP contribution in [0.4, 0.5) is 0 Å². The van der Waals surface area contributed by atoms with Gasteiger partial charge in [-0.05, 0) is 37.5 Å². The quantitative estimate of drug-likeness (QED) is 0.806. The first-order chi connectivity index (χ1) is 8.23. The van der Waals surface area contributed by atoms with Gasteiger partial charge in [-0.2, -0.15) is 0 Å².